The van der Waals surface area contributed by atoms with Crippen molar-refractivity contribution >= 4 is 5.91 Å². The van der Waals surface area contributed by atoms with E-state index in [1.807, 2.05) is 14.1 Å². The van der Waals surface area contributed by atoms with Crippen LogP contribution >= 0.6 is 0 Å². The lowest BCUT2D eigenvalue weighted by molar-refractivity contribution is -0.128. The summed E-state index contributed by atoms with van der Waals surface area (Å²) >= 11 is 0. The van der Waals surface area contributed by atoms with Gasteiger partial charge in [-0.05, 0) is 49.5 Å². The average Bonchev–Trinajstić information content (AvgIpc) is 2.33. The summed E-state index contributed by atoms with van der Waals surface area (Å²) in [5.74, 6) is 1.91. The van der Waals surface area contributed by atoms with Crippen molar-refractivity contribution in [3.63, 3.8) is 0 Å². The van der Waals surface area contributed by atoms with Crippen LogP contribution in [-0.4, -0.2) is 38.0 Å². The van der Waals surface area contributed by atoms with Gasteiger partial charge in [0.15, 0.2) is 0 Å². The van der Waals surface area contributed by atoms with E-state index in [0.717, 1.165) is 24.9 Å². The molecule has 1 saturated carbocycles. The van der Waals surface area contributed by atoms with E-state index in [4.69, 9.17) is 0 Å². The molecule has 1 fully saturated rings. The Balaban J connectivity index is 2.12. The lowest BCUT2D eigenvalue weighted by Crippen LogP contribution is -2.32. The number of carbonyl (C=O) groups excluding carboxylic acids is 1. The Labute approximate surface area is 119 Å². The first-order chi connectivity index (χ1) is 8.80. The highest BCUT2D eigenvalue weighted by atomic mass is 16.2. The van der Waals surface area contributed by atoms with Gasteiger partial charge in [0.25, 0.3) is 0 Å². The molecule has 0 bridgehead atoms. The van der Waals surface area contributed by atoms with E-state index in [0.29, 0.717) is 11.8 Å². The highest BCUT2D eigenvalue weighted by molar-refractivity contribution is 5.75. The van der Waals surface area contributed by atoms with Crippen molar-refractivity contribution in [1.82, 2.24) is 10.2 Å². The van der Waals surface area contributed by atoms with Crippen molar-refractivity contribution in [2.45, 2.75) is 52.9 Å². The quantitative estimate of drug-likeness (QED) is 0.778. The van der Waals surface area contributed by atoms with Crippen LogP contribution in [0.25, 0.3) is 0 Å². The minimum atomic E-state index is 0.212. The fourth-order valence-electron chi connectivity index (χ4n) is 2.96. The number of hydrogen-bond acceptors (Lipinski definition) is 2. The molecule has 0 atom stereocenters. The molecular weight excluding hydrogens is 236 g/mol. The molecule has 1 aliphatic carbocycles. The van der Waals surface area contributed by atoms with E-state index in [-0.39, 0.29) is 5.91 Å². The Hall–Kier alpha value is -0.570. The van der Waals surface area contributed by atoms with E-state index in [2.05, 4.69) is 26.1 Å². The Kier molecular flexibility index (Phi) is 6.31. The van der Waals surface area contributed by atoms with Crippen LogP contribution in [0.5, 0.6) is 0 Å². The van der Waals surface area contributed by atoms with Crippen molar-refractivity contribution < 1.29 is 4.79 Å². The standard InChI is InChI=1S/C16H32N2O/c1-16(2,3)14-8-6-13(7-9-14)12-17-11-10-15(19)18(4)5/h13-14,17H,6-12H2,1-5H3. The van der Waals surface area contributed by atoms with Gasteiger partial charge in [0, 0.05) is 27.1 Å². The second-order valence-electron chi connectivity index (χ2n) is 7.33. The first-order valence-electron chi connectivity index (χ1n) is 7.71. The molecule has 1 rings (SSSR count). The van der Waals surface area contributed by atoms with Gasteiger partial charge in [0.1, 0.15) is 0 Å². The summed E-state index contributed by atoms with van der Waals surface area (Å²) in [6, 6.07) is 0. The summed E-state index contributed by atoms with van der Waals surface area (Å²) in [4.78, 5) is 13.1. The lowest BCUT2D eigenvalue weighted by Gasteiger charge is -2.37. The molecule has 1 N–H and O–H groups in total. The molecule has 0 unspecified atom stereocenters. The highest BCUT2D eigenvalue weighted by Gasteiger charge is 2.29. The van der Waals surface area contributed by atoms with Crippen molar-refractivity contribution in [3.8, 4) is 0 Å². The first-order valence-corrected chi connectivity index (χ1v) is 7.71. The van der Waals surface area contributed by atoms with Crippen molar-refractivity contribution in [3.05, 3.63) is 0 Å². The molecule has 0 aromatic carbocycles. The Morgan fingerprint density at radius 2 is 1.74 bits per heavy atom. The summed E-state index contributed by atoms with van der Waals surface area (Å²) in [5.41, 5.74) is 0.469. The van der Waals surface area contributed by atoms with E-state index >= 15 is 0 Å². The molecule has 0 radical (unpaired) electrons. The second-order valence-corrected chi connectivity index (χ2v) is 7.33. The third-order valence-corrected chi connectivity index (χ3v) is 4.52. The van der Waals surface area contributed by atoms with Gasteiger partial charge >= 0.3 is 0 Å². The molecule has 1 amide bonds. The van der Waals surface area contributed by atoms with Gasteiger partial charge in [-0.3, -0.25) is 4.79 Å². The molecular formula is C16H32N2O. The van der Waals surface area contributed by atoms with Crippen LogP contribution in [0.3, 0.4) is 0 Å². The van der Waals surface area contributed by atoms with Gasteiger partial charge in [-0.15, -0.1) is 0 Å². The van der Waals surface area contributed by atoms with Gasteiger partial charge < -0.3 is 10.2 Å². The summed E-state index contributed by atoms with van der Waals surface area (Å²) in [7, 11) is 3.63. The van der Waals surface area contributed by atoms with Crippen LogP contribution in [0, 0.1) is 17.3 Å². The average molecular weight is 268 g/mol. The van der Waals surface area contributed by atoms with E-state index < -0.39 is 0 Å². The Morgan fingerprint density at radius 3 is 2.21 bits per heavy atom. The molecule has 0 heterocycles. The van der Waals surface area contributed by atoms with Gasteiger partial charge in [-0.1, -0.05) is 20.8 Å². The maximum atomic E-state index is 11.4. The highest BCUT2D eigenvalue weighted by Crippen LogP contribution is 2.39. The fourth-order valence-corrected chi connectivity index (χ4v) is 2.96. The number of nitrogens with one attached hydrogen (secondary N) is 1. The van der Waals surface area contributed by atoms with Crippen LogP contribution in [-0.2, 0) is 4.79 Å². The van der Waals surface area contributed by atoms with Crippen molar-refractivity contribution in [1.29, 1.82) is 0 Å². The molecule has 0 aromatic heterocycles. The number of amides is 1. The van der Waals surface area contributed by atoms with Gasteiger partial charge in [0.05, 0.1) is 0 Å². The zero-order chi connectivity index (χ0) is 14.5. The largest absolute Gasteiger partial charge is 0.349 e. The molecule has 19 heavy (non-hydrogen) atoms. The summed E-state index contributed by atoms with van der Waals surface area (Å²) < 4.78 is 0. The van der Waals surface area contributed by atoms with E-state index in [1.54, 1.807) is 4.90 Å². The predicted molar refractivity (Wildman–Crippen MR) is 81.1 cm³/mol. The maximum absolute atomic E-state index is 11.4. The maximum Gasteiger partial charge on any atom is 0.223 e. The summed E-state index contributed by atoms with van der Waals surface area (Å²) in [6.45, 7) is 8.99. The molecule has 0 saturated heterocycles. The zero-order valence-electron chi connectivity index (χ0n) is 13.5. The van der Waals surface area contributed by atoms with Gasteiger partial charge in [-0.25, -0.2) is 0 Å². The monoisotopic (exact) mass is 268 g/mol. The second kappa shape index (κ2) is 7.28. The summed E-state index contributed by atoms with van der Waals surface area (Å²) in [6.07, 6.45) is 6.04. The van der Waals surface area contributed by atoms with Gasteiger partial charge in [-0.2, -0.15) is 0 Å². The predicted octanol–water partition coefficient (Wildman–Crippen LogP) is 2.91. The Morgan fingerprint density at radius 1 is 1.16 bits per heavy atom. The Bertz CT molecular complexity index is 273. The van der Waals surface area contributed by atoms with E-state index in [9.17, 15) is 4.79 Å². The van der Waals surface area contributed by atoms with Crippen LogP contribution in [0.2, 0.25) is 0 Å². The molecule has 0 aliphatic heterocycles. The lowest BCUT2D eigenvalue weighted by atomic mass is 9.70. The van der Waals surface area contributed by atoms with Crippen LogP contribution in [0.15, 0.2) is 0 Å². The molecule has 3 nitrogen and oxygen atoms in total. The number of nitrogens with zero attached hydrogens (tertiary/aromatic N) is 1. The van der Waals surface area contributed by atoms with Crippen molar-refractivity contribution in [2.75, 3.05) is 27.2 Å². The first kappa shape index (κ1) is 16.5. The van der Waals surface area contributed by atoms with Gasteiger partial charge in [0.2, 0.25) is 5.91 Å². The fraction of sp³-hybridized carbons (Fsp3) is 0.938. The third-order valence-electron chi connectivity index (χ3n) is 4.52. The molecule has 0 spiro atoms. The number of carbonyl (C=O) groups is 1. The van der Waals surface area contributed by atoms with Crippen molar-refractivity contribution in [2.24, 2.45) is 17.3 Å². The smallest absolute Gasteiger partial charge is 0.223 e. The third kappa shape index (κ3) is 5.94. The summed E-state index contributed by atoms with van der Waals surface area (Å²) in [5, 5.41) is 3.45. The number of rotatable bonds is 5. The number of hydrogen-bond donors (Lipinski definition) is 1. The topological polar surface area (TPSA) is 32.3 Å². The zero-order valence-corrected chi connectivity index (χ0v) is 13.5. The molecule has 1 aliphatic rings. The minimum absolute atomic E-state index is 0.212. The molecule has 0 aromatic rings. The van der Waals surface area contributed by atoms with Crippen LogP contribution in [0.1, 0.15) is 52.9 Å². The SMILES string of the molecule is CN(C)C(=O)CCNCC1CCC(C(C)(C)C)CC1. The van der Waals surface area contributed by atoms with E-state index in [1.165, 1.54) is 25.7 Å². The molecule has 112 valence electrons. The minimum Gasteiger partial charge on any atom is -0.349 e. The normalized spacial score (nSPS) is 24.3. The van der Waals surface area contributed by atoms with Crippen LogP contribution < -0.4 is 5.32 Å². The molecule has 3 heteroatoms. The van der Waals surface area contributed by atoms with Crippen LogP contribution in [0.4, 0.5) is 0 Å².